The maximum atomic E-state index is 11.5. The maximum absolute atomic E-state index is 11.5. The van der Waals surface area contributed by atoms with Gasteiger partial charge in [0.2, 0.25) is 5.91 Å². The van der Waals surface area contributed by atoms with Crippen molar-refractivity contribution in [3.8, 4) is 0 Å². The van der Waals surface area contributed by atoms with Gasteiger partial charge in [-0.1, -0.05) is 0 Å². The molecule has 1 unspecified atom stereocenters. The van der Waals surface area contributed by atoms with Crippen molar-refractivity contribution in [1.29, 1.82) is 0 Å². The quantitative estimate of drug-likeness (QED) is 0.557. The zero-order valence-corrected chi connectivity index (χ0v) is 7.05. The van der Waals surface area contributed by atoms with Crippen molar-refractivity contribution in [2.75, 3.05) is 6.54 Å². The molecule has 2 aliphatic rings. The molecule has 1 saturated carbocycles. The number of hydrogen-bond acceptors (Lipinski definition) is 1. The molecule has 1 saturated heterocycles. The van der Waals surface area contributed by atoms with Gasteiger partial charge in [-0.2, -0.15) is 0 Å². The van der Waals surface area contributed by atoms with Crippen molar-refractivity contribution >= 4 is 5.91 Å². The van der Waals surface area contributed by atoms with Gasteiger partial charge in [0, 0.05) is 18.5 Å². The van der Waals surface area contributed by atoms with Gasteiger partial charge in [-0.15, -0.1) is 0 Å². The summed E-state index contributed by atoms with van der Waals surface area (Å²) in [5.74, 6) is 0.838. The Hall–Kier alpha value is -0.530. The molecule has 1 heterocycles. The molecule has 0 N–H and O–H groups in total. The summed E-state index contributed by atoms with van der Waals surface area (Å²) in [7, 11) is 0. The van der Waals surface area contributed by atoms with Gasteiger partial charge in [0.05, 0.1) is 0 Å². The van der Waals surface area contributed by atoms with Gasteiger partial charge in [-0.05, 0) is 32.6 Å². The zero-order chi connectivity index (χ0) is 7.84. The Bertz CT molecular complexity index is 174. The minimum Gasteiger partial charge on any atom is -0.340 e. The fourth-order valence-corrected chi connectivity index (χ4v) is 1.83. The van der Waals surface area contributed by atoms with Crippen LogP contribution in [0.3, 0.4) is 0 Å². The molecule has 11 heavy (non-hydrogen) atoms. The predicted molar refractivity (Wildman–Crippen MR) is 43.1 cm³/mol. The fraction of sp³-hybridized carbons (Fsp3) is 0.889. The van der Waals surface area contributed by atoms with Crippen LogP contribution in [-0.2, 0) is 4.79 Å². The number of carbonyl (C=O) groups excluding carboxylic acids is 1. The molecule has 0 bridgehead atoms. The Kier molecular flexibility index (Phi) is 1.63. The number of hydrogen-bond donors (Lipinski definition) is 0. The first-order valence-electron chi connectivity index (χ1n) is 4.59. The summed E-state index contributed by atoms with van der Waals surface area (Å²) in [6, 6.07) is 0.517. The lowest BCUT2D eigenvalue weighted by molar-refractivity contribution is -0.133. The van der Waals surface area contributed by atoms with Gasteiger partial charge in [0.1, 0.15) is 0 Å². The highest BCUT2D eigenvalue weighted by Gasteiger charge is 2.36. The van der Waals surface area contributed by atoms with E-state index in [1.807, 2.05) is 0 Å². The van der Waals surface area contributed by atoms with E-state index in [0.29, 0.717) is 17.9 Å². The highest BCUT2D eigenvalue weighted by Crippen LogP contribution is 2.33. The zero-order valence-electron chi connectivity index (χ0n) is 7.05. The van der Waals surface area contributed by atoms with Crippen LogP contribution < -0.4 is 0 Å². The first-order valence-corrected chi connectivity index (χ1v) is 4.59. The van der Waals surface area contributed by atoms with Gasteiger partial charge in [-0.25, -0.2) is 0 Å². The Morgan fingerprint density at radius 3 is 2.55 bits per heavy atom. The van der Waals surface area contributed by atoms with Crippen LogP contribution >= 0.6 is 0 Å². The van der Waals surface area contributed by atoms with E-state index in [-0.39, 0.29) is 0 Å². The van der Waals surface area contributed by atoms with E-state index < -0.39 is 0 Å². The number of amides is 1. The molecule has 0 aromatic carbocycles. The van der Waals surface area contributed by atoms with Crippen LogP contribution in [0.25, 0.3) is 0 Å². The van der Waals surface area contributed by atoms with Crippen molar-refractivity contribution in [3.05, 3.63) is 0 Å². The minimum absolute atomic E-state index is 0.413. The normalized spacial score (nSPS) is 31.0. The summed E-state index contributed by atoms with van der Waals surface area (Å²) in [4.78, 5) is 13.6. The number of nitrogens with zero attached hydrogens (tertiary/aromatic N) is 1. The van der Waals surface area contributed by atoms with E-state index >= 15 is 0 Å². The van der Waals surface area contributed by atoms with Gasteiger partial charge >= 0.3 is 0 Å². The Morgan fingerprint density at radius 2 is 2.09 bits per heavy atom. The van der Waals surface area contributed by atoms with E-state index in [0.717, 1.165) is 19.4 Å². The molecule has 2 rings (SSSR count). The molecular formula is C9H15NO. The summed E-state index contributed by atoms with van der Waals surface area (Å²) in [5.41, 5.74) is 0. The number of likely N-dealkylation sites (tertiary alicyclic amines) is 1. The molecule has 1 aliphatic heterocycles. The van der Waals surface area contributed by atoms with Crippen molar-refractivity contribution in [3.63, 3.8) is 0 Å². The predicted octanol–water partition coefficient (Wildman–Crippen LogP) is 1.41. The van der Waals surface area contributed by atoms with Crippen LogP contribution in [0.4, 0.5) is 0 Å². The summed E-state index contributed by atoms with van der Waals surface area (Å²) >= 11 is 0. The molecule has 1 atom stereocenters. The Labute approximate surface area is 67.6 Å². The molecule has 62 valence electrons. The number of carbonyl (C=O) groups is 1. The molecule has 0 radical (unpaired) electrons. The molecular weight excluding hydrogens is 138 g/mol. The molecule has 0 aromatic rings. The second-order valence-electron chi connectivity index (χ2n) is 3.80. The Morgan fingerprint density at radius 1 is 1.36 bits per heavy atom. The standard InChI is InChI=1S/C9H15NO/c1-7-3-2-6-10(7)9(11)8-4-5-8/h7-8H,2-6H2,1H3. The van der Waals surface area contributed by atoms with Gasteiger partial charge in [0.25, 0.3) is 0 Å². The lowest BCUT2D eigenvalue weighted by Crippen LogP contribution is -2.34. The summed E-state index contributed by atoms with van der Waals surface area (Å²) in [6.07, 6.45) is 4.70. The molecule has 2 nitrogen and oxygen atoms in total. The topological polar surface area (TPSA) is 20.3 Å². The van der Waals surface area contributed by atoms with Crippen LogP contribution in [-0.4, -0.2) is 23.4 Å². The molecule has 2 heteroatoms. The van der Waals surface area contributed by atoms with Crippen LogP contribution in [0.2, 0.25) is 0 Å². The number of rotatable bonds is 1. The van der Waals surface area contributed by atoms with Gasteiger partial charge < -0.3 is 4.90 Å². The van der Waals surface area contributed by atoms with E-state index in [1.54, 1.807) is 0 Å². The van der Waals surface area contributed by atoms with Crippen molar-refractivity contribution in [1.82, 2.24) is 4.90 Å². The lowest BCUT2D eigenvalue weighted by Gasteiger charge is -2.20. The molecule has 0 spiro atoms. The fourth-order valence-electron chi connectivity index (χ4n) is 1.83. The second-order valence-corrected chi connectivity index (χ2v) is 3.80. The molecule has 1 amide bonds. The van der Waals surface area contributed by atoms with E-state index in [4.69, 9.17) is 0 Å². The van der Waals surface area contributed by atoms with Crippen LogP contribution in [0, 0.1) is 5.92 Å². The summed E-state index contributed by atoms with van der Waals surface area (Å²) in [5, 5.41) is 0. The van der Waals surface area contributed by atoms with Crippen LogP contribution in [0.5, 0.6) is 0 Å². The highest BCUT2D eigenvalue weighted by molar-refractivity contribution is 5.81. The van der Waals surface area contributed by atoms with E-state index in [2.05, 4.69) is 11.8 Å². The summed E-state index contributed by atoms with van der Waals surface area (Å²) < 4.78 is 0. The van der Waals surface area contributed by atoms with Crippen LogP contribution in [0.1, 0.15) is 32.6 Å². The van der Waals surface area contributed by atoms with E-state index in [9.17, 15) is 4.79 Å². The monoisotopic (exact) mass is 153 g/mol. The second kappa shape index (κ2) is 2.50. The van der Waals surface area contributed by atoms with Crippen molar-refractivity contribution in [2.24, 2.45) is 5.92 Å². The minimum atomic E-state index is 0.413. The van der Waals surface area contributed by atoms with E-state index in [1.165, 1.54) is 12.8 Å². The maximum Gasteiger partial charge on any atom is 0.225 e. The SMILES string of the molecule is CC1CCCN1C(=O)C1CC1. The van der Waals surface area contributed by atoms with Crippen molar-refractivity contribution in [2.45, 2.75) is 38.6 Å². The Balaban J connectivity index is 1.96. The third-order valence-corrected chi connectivity index (χ3v) is 2.76. The third-order valence-electron chi connectivity index (χ3n) is 2.76. The first kappa shape index (κ1) is 7.14. The smallest absolute Gasteiger partial charge is 0.225 e. The molecule has 1 aliphatic carbocycles. The average Bonchev–Trinajstić information content (AvgIpc) is 2.74. The van der Waals surface area contributed by atoms with Crippen LogP contribution in [0.15, 0.2) is 0 Å². The highest BCUT2D eigenvalue weighted by atomic mass is 16.2. The lowest BCUT2D eigenvalue weighted by atomic mass is 10.2. The van der Waals surface area contributed by atoms with Gasteiger partial charge in [-0.3, -0.25) is 4.79 Å². The molecule has 2 fully saturated rings. The third kappa shape index (κ3) is 1.26. The first-order chi connectivity index (χ1) is 5.29. The summed E-state index contributed by atoms with van der Waals surface area (Å²) in [6.45, 7) is 3.17. The molecule has 0 aromatic heterocycles. The largest absolute Gasteiger partial charge is 0.340 e. The average molecular weight is 153 g/mol. The van der Waals surface area contributed by atoms with Gasteiger partial charge in [0.15, 0.2) is 0 Å². The van der Waals surface area contributed by atoms with Crippen molar-refractivity contribution < 1.29 is 4.79 Å².